The molecule has 0 bridgehead atoms. The third-order valence-electron chi connectivity index (χ3n) is 3.63. The fraction of sp³-hybridized carbons (Fsp3) is 0.417. The number of hydrogen-bond acceptors (Lipinski definition) is 5. The Bertz CT molecular complexity index is 644. The van der Waals surface area contributed by atoms with Crippen LogP contribution in [0.5, 0.6) is 0 Å². The van der Waals surface area contributed by atoms with Crippen LogP contribution in [-0.2, 0) is 12.6 Å². The highest BCUT2D eigenvalue weighted by Gasteiger charge is 2.39. The van der Waals surface area contributed by atoms with Crippen molar-refractivity contribution in [3.05, 3.63) is 23.7 Å². The first kappa shape index (κ1) is 14.5. The minimum atomic E-state index is -0.490. The molecule has 2 heterocycles. The van der Waals surface area contributed by atoms with E-state index in [9.17, 15) is 4.79 Å². The molecule has 1 aliphatic carbocycles. The molecule has 0 aromatic carbocycles. The minimum Gasteiger partial charge on any atom is -0.366 e. The zero-order valence-corrected chi connectivity index (χ0v) is 11.8. The van der Waals surface area contributed by atoms with Gasteiger partial charge in [-0.15, -0.1) is 12.4 Å². The standard InChI is InChI=1S/C12H15N5O2.ClH/c1-17-6-7(9(13)18)5-8(17)10-15-11(16-19-10)12(14)3-2-4-12;/h5-6H,2-4,14H2,1H3,(H2,13,18);1H. The summed E-state index contributed by atoms with van der Waals surface area (Å²) in [4.78, 5) is 15.5. The Labute approximate surface area is 121 Å². The molecule has 0 spiro atoms. The zero-order chi connectivity index (χ0) is 13.6. The summed E-state index contributed by atoms with van der Waals surface area (Å²) in [6, 6.07) is 1.63. The first-order chi connectivity index (χ1) is 8.99. The molecule has 1 saturated carbocycles. The lowest BCUT2D eigenvalue weighted by atomic mass is 9.77. The second-order valence-electron chi connectivity index (χ2n) is 5.02. The van der Waals surface area contributed by atoms with Crippen molar-refractivity contribution in [2.75, 3.05) is 0 Å². The third-order valence-corrected chi connectivity index (χ3v) is 3.63. The average Bonchev–Trinajstić information content (AvgIpc) is 2.92. The lowest BCUT2D eigenvalue weighted by molar-refractivity contribution is 0.100. The molecule has 0 radical (unpaired) electrons. The van der Waals surface area contributed by atoms with E-state index in [4.69, 9.17) is 16.0 Å². The molecule has 8 heteroatoms. The molecular formula is C12H16ClN5O2. The topological polar surface area (TPSA) is 113 Å². The fourth-order valence-electron chi connectivity index (χ4n) is 2.22. The molecule has 2 aromatic heterocycles. The molecule has 1 fully saturated rings. The largest absolute Gasteiger partial charge is 0.366 e. The first-order valence-electron chi connectivity index (χ1n) is 6.09. The molecule has 108 valence electrons. The van der Waals surface area contributed by atoms with Crippen LogP contribution in [0.1, 0.15) is 35.4 Å². The predicted octanol–water partition coefficient (Wildman–Crippen LogP) is 0.934. The molecule has 1 aliphatic rings. The minimum absolute atomic E-state index is 0. The number of carbonyl (C=O) groups excluding carboxylic acids is 1. The first-order valence-corrected chi connectivity index (χ1v) is 6.09. The van der Waals surface area contributed by atoms with E-state index in [0.717, 1.165) is 19.3 Å². The van der Waals surface area contributed by atoms with Crippen LogP contribution in [-0.4, -0.2) is 20.6 Å². The predicted molar refractivity (Wildman–Crippen MR) is 74.2 cm³/mol. The highest BCUT2D eigenvalue weighted by molar-refractivity contribution is 5.93. The maximum absolute atomic E-state index is 11.1. The van der Waals surface area contributed by atoms with Gasteiger partial charge in [0.1, 0.15) is 5.69 Å². The summed E-state index contributed by atoms with van der Waals surface area (Å²) in [5, 5.41) is 3.94. The number of hydrogen-bond donors (Lipinski definition) is 2. The number of carbonyl (C=O) groups is 1. The fourth-order valence-corrected chi connectivity index (χ4v) is 2.22. The molecule has 0 aliphatic heterocycles. The van der Waals surface area contributed by atoms with Crippen molar-refractivity contribution in [2.45, 2.75) is 24.8 Å². The quantitative estimate of drug-likeness (QED) is 0.875. The second kappa shape index (κ2) is 4.92. The van der Waals surface area contributed by atoms with E-state index in [1.165, 1.54) is 0 Å². The highest BCUT2D eigenvalue weighted by Crippen LogP contribution is 2.37. The Balaban J connectivity index is 0.00000147. The number of aryl methyl sites for hydroxylation is 1. The molecule has 20 heavy (non-hydrogen) atoms. The molecule has 0 atom stereocenters. The molecule has 7 nitrogen and oxygen atoms in total. The molecular weight excluding hydrogens is 282 g/mol. The number of rotatable bonds is 3. The van der Waals surface area contributed by atoms with Crippen LogP contribution >= 0.6 is 12.4 Å². The number of amides is 1. The van der Waals surface area contributed by atoms with Crippen LogP contribution in [0.4, 0.5) is 0 Å². The molecule has 2 aromatic rings. The van der Waals surface area contributed by atoms with Crippen molar-refractivity contribution < 1.29 is 9.32 Å². The van der Waals surface area contributed by atoms with Crippen LogP contribution in [0, 0.1) is 0 Å². The summed E-state index contributed by atoms with van der Waals surface area (Å²) in [6.07, 6.45) is 4.44. The number of aromatic nitrogens is 3. The van der Waals surface area contributed by atoms with E-state index in [1.807, 2.05) is 0 Å². The summed E-state index contributed by atoms with van der Waals surface area (Å²) in [7, 11) is 1.78. The van der Waals surface area contributed by atoms with E-state index >= 15 is 0 Å². The van der Waals surface area contributed by atoms with Crippen molar-refractivity contribution in [3.63, 3.8) is 0 Å². The average molecular weight is 298 g/mol. The van der Waals surface area contributed by atoms with Crippen LogP contribution in [0.15, 0.2) is 16.8 Å². The van der Waals surface area contributed by atoms with Gasteiger partial charge in [0, 0.05) is 13.2 Å². The van der Waals surface area contributed by atoms with E-state index < -0.39 is 11.4 Å². The SMILES string of the molecule is Cl.Cn1cc(C(N)=O)cc1-c1nc(C2(N)CCC2)no1. The van der Waals surface area contributed by atoms with Gasteiger partial charge in [-0.3, -0.25) is 4.79 Å². The maximum atomic E-state index is 11.1. The van der Waals surface area contributed by atoms with Crippen molar-refractivity contribution in [1.82, 2.24) is 14.7 Å². The molecule has 3 rings (SSSR count). The molecule has 0 unspecified atom stereocenters. The number of halogens is 1. The Morgan fingerprint density at radius 1 is 1.50 bits per heavy atom. The Morgan fingerprint density at radius 2 is 2.20 bits per heavy atom. The van der Waals surface area contributed by atoms with E-state index in [2.05, 4.69) is 10.1 Å². The van der Waals surface area contributed by atoms with Crippen molar-refractivity contribution in [2.24, 2.45) is 18.5 Å². The van der Waals surface area contributed by atoms with Crippen LogP contribution in [0.3, 0.4) is 0 Å². The van der Waals surface area contributed by atoms with Crippen LogP contribution in [0.25, 0.3) is 11.6 Å². The van der Waals surface area contributed by atoms with Crippen molar-refractivity contribution >= 4 is 18.3 Å². The van der Waals surface area contributed by atoms with Gasteiger partial charge < -0.3 is 20.6 Å². The van der Waals surface area contributed by atoms with Gasteiger partial charge in [-0.1, -0.05) is 5.16 Å². The van der Waals surface area contributed by atoms with Crippen molar-refractivity contribution in [1.29, 1.82) is 0 Å². The number of nitrogens with two attached hydrogens (primary N) is 2. The van der Waals surface area contributed by atoms with Gasteiger partial charge >= 0.3 is 0 Å². The van der Waals surface area contributed by atoms with E-state index in [0.29, 0.717) is 23.0 Å². The lowest BCUT2D eigenvalue weighted by Crippen LogP contribution is -2.44. The smallest absolute Gasteiger partial charge is 0.274 e. The van der Waals surface area contributed by atoms with Gasteiger partial charge in [0.15, 0.2) is 5.82 Å². The molecule has 0 saturated heterocycles. The Morgan fingerprint density at radius 3 is 2.70 bits per heavy atom. The lowest BCUT2D eigenvalue weighted by Gasteiger charge is -2.34. The Hall–Kier alpha value is -1.86. The van der Waals surface area contributed by atoms with E-state index in [1.54, 1.807) is 23.9 Å². The summed E-state index contributed by atoms with van der Waals surface area (Å²) in [5.74, 6) is 0.383. The number of nitrogens with zero attached hydrogens (tertiary/aromatic N) is 3. The van der Waals surface area contributed by atoms with Gasteiger partial charge in [0.25, 0.3) is 5.89 Å². The third kappa shape index (κ3) is 2.19. The summed E-state index contributed by atoms with van der Waals surface area (Å²) in [5.41, 5.74) is 12.0. The second-order valence-corrected chi connectivity index (χ2v) is 5.02. The van der Waals surface area contributed by atoms with Gasteiger partial charge in [-0.2, -0.15) is 4.98 Å². The maximum Gasteiger partial charge on any atom is 0.274 e. The summed E-state index contributed by atoms with van der Waals surface area (Å²) in [6.45, 7) is 0. The van der Waals surface area contributed by atoms with Crippen LogP contribution in [0.2, 0.25) is 0 Å². The van der Waals surface area contributed by atoms with Gasteiger partial charge in [0.2, 0.25) is 5.91 Å². The highest BCUT2D eigenvalue weighted by atomic mass is 35.5. The van der Waals surface area contributed by atoms with Gasteiger partial charge in [0.05, 0.1) is 11.1 Å². The zero-order valence-electron chi connectivity index (χ0n) is 11.0. The monoisotopic (exact) mass is 297 g/mol. The Kier molecular flexibility index (Phi) is 3.58. The summed E-state index contributed by atoms with van der Waals surface area (Å²) >= 11 is 0. The normalized spacial score (nSPS) is 16.3. The van der Waals surface area contributed by atoms with Crippen LogP contribution < -0.4 is 11.5 Å². The molecule has 1 amide bonds. The van der Waals surface area contributed by atoms with Gasteiger partial charge in [-0.25, -0.2) is 0 Å². The van der Waals surface area contributed by atoms with Crippen molar-refractivity contribution in [3.8, 4) is 11.6 Å². The summed E-state index contributed by atoms with van der Waals surface area (Å²) < 4.78 is 6.96. The van der Waals surface area contributed by atoms with E-state index in [-0.39, 0.29) is 12.4 Å². The molecule has 4 N–H and O–H groups in total. The van der Waals surface area contributed by atoms with Gasteiger partial charge in [-0.05, 0) is 25.3 Å². The number of primary amides is 1.